The van der Waals surface area contributed by atoms with E-state index in [1.54, 1.807) is 13.3 Å². The summed E-state index contributed by atoms with van der Waals surface area (Å²) in [6.07, 6.45) is 4.90. The lowest BCUT2D eigenvalue weighted by Crippen LogP contribution is -2.41. The number of halogens is 1. The fourth-order valence-corrected chi connectivity index (χ4v) is 5.71. The van der Waals surface area contributed by atoms with Gasteiger partial charge in [-0.2, -0.15) is 0 Å². The molecule has 1 fully saturated rings. The summed E-state index contributed by atoms with van der Waals surface area (Å²) in [6, 6.07) is 15.9. The molecular weight excluding hydrogens is 469 g/mol. The van der Waals surface area contributed by atoms with Crippen molar-refractivity contribution in [2.24, 2.45) is 11.1 Å². The molecule has 0 saturated carbocycles. The fourth-order valence-electron chi connectivity index (χ4n) is 5.71. The lowest BCUT2D eigenvalue weighted by molar-refractivity contribution is -0.141. The highest BCUT2D eigenvalue weighted by Crippen LogP contribution is 2.43. The van der Waals surface area contributed by atoms with Gasteiger partial charge in [-0.1, -0.05) is 30.3 Å². The monoisotopic (exact) mass is 507 g/mol. The number of methoxy groups -OCH3 is 1. The first-order valence-electron chi connectivity index (χ1n) is 13.2. The van der Waals surface area contributed by atoms with Crippen LogP contribution in [-0.4, -0.2) is 47.7 Å². The molecule has 2 heterocycles. The van der Waals surface area contributed by atoms with Crippen LogP contribution in [-0.2, 0) is 17.8 Å². The molecule has 1 aliphatic rings. The van der Waals surface area contributed by atoms with Crippen LogP contribution in [0.15, 0.2) is 54.7 Å². The zero-order chi connectivity index (χ0) is 26.3. The van der Waals surface area contributed by atoms with E-state index in [1.165, 1.54) is 5.56 Å². The Morgan fingerprint density at radius 3 is 2.65 bits per heavy atom. The van der Waals surface area contributed by atoms with Crippen molar-refractivity contribution in [1.82, 2.24) is 9.88 Å². The van der Waals surface area contributed by atoms with Crippen molar-refractivity contribution >= 4 is 16.9 Å². The highest BCUT2D eigenvalue weighted by Gasteiger charge is 2.37. The van der Waals surface area contributed by atoms with Gasteiger partial charge in [0.2, 0.25) is 0 Å². The van der Waals surface area contributed by atoms with Gasteiger partial charge in [0.1, 0.15) is 11.9 Å². The number of fused-ring (bicyclic) bond motifs is 1. The van der Waals surface area contributed by atoms with E-state index >= 15 is 4.39 Å². The first kappa shape index (κ1) is 27.0. The number of hydrogen-bond donors (Lipinski definition) is 2. The van der Waals surface area contributed by atoms with Crippen molar-refractivity contribution in [3.05, 3.63) is 71.4 Å². The molecule has 0 radical (unpaired) electrons. The molecule has 198 valence electrons. The van der Waals surface area contributed by atoms with E-state index in [9.17, 15) is 9.90 Å². The maximum Gasteiger partial charge on any atom is 0.303 e. The first-order chi connectivity index (χ1) is 17.9. The molecular formula is C30H38FN3O3. The van der Waals surface area contributed by atoms with Gasteiger partial charge >= 0.3 is 5.97 Å². The van der Waals surface area contributed by atoms with Gasteiger partial charge < -0.3 is 20.5 Å². The van der Waals surface area contributed by atoms with Crippen LogP contribution in [0.1, 0.15) is 61.4 Å². The van der Waals surface area contributed by atoms with E-state index in [0.29, 0.717) is 34.2 Å². The number of ether oxygens (including phenoxy) is 1. The number of piperidine rings is 1. The van der Waals surface area contributed by atoms with Crippen molar-refractivity contribution in [3.63, 3.8) is 0 Å². The predicted molar refractivity (Wildman–Crippen MR) is 144 cm³/mol. The number of rotatable bonds is 12. The number of nitrogens with zero attached hydrogens (tertiary/aromatic N) is 2. The molecule has 1 atom stereocenters. The second-order valence-corrected chi connectivity index (χ2v) is 10.3. The minimum absolute atomic E-state index is 0.0756. The molecule has 1 saturated heterocycles. The number of likely N-dealkylation sites (tertiary alicyclic amines) is 1. The van der Waals surface area contributed by atoms with Gasteiger partial charge in [-0.05, 0) is 92.9 Å². The molecule has 0 amide bonds. The second kappa shape index (κ2) is 12.5. The molecule has 3 N–H and O–H groups in total. The van der Waals surface area contributed by atoms with Crippen LogP contribution in [0, 0.1) is 5.41 Å². The molecule has 0 spiro atoms. The smallest absolute Gasteiger partial charge is 0.303 e. The molecule has 0 aliphatic carbocycles. The van der Waals surface area contributed by atoms with Gasteiger partial charge in [0.05, 0.1) is 19.0 Å². The van der Waals surface area contributed by atoms with Crippen molar-refractivity contribution < 1.29 is 19.0 Å². The topological polar surface area (TPSA) is 88.7 Å². The molecule has 37 heavy (non-hydrogen) atoms. The fraction of sp³-hybridized carbons (Fsp3) is 0.467. The number of aryl methyl sites for hydroxylation is 1. The maximum absolute atomic E-state index is 15.9. The van der Waals surface area contributed by atoms with E-state index in [-0.39, 0.29) is 19.4 Å². The quantitative estimate of drug-likeness (QED) is 0.328. The number of alkyl halides is 1. The summed E-state index contributed by atoms with van der Waals surface area (Å²) in [5.41, 5.74) is 8.82. The van der Waals surface area contributed by atoms with Gasteiger partial charge in [0.25, 0.3) is 0 Å². The Balaban J connectivity index is 1.42. The van der Waals surface area contributed by atoms with Crippen LogP contribution in [0.3, 0.4) is 0 Å². The molecule has 1 unspecified atom stereocenters. The Morgan fingerprint density at radius 2 is 1.97 bits per heavy atom. The van der Waals surface area contributed by atoms with E-state index in [2.05, 4.69) is 34.1 Å². The summed E-state index contributed by atoms with van der Waals surface area (Å²) in [6.45, 7) is 2.88. The summed E-state index contributed by atoms with van der Waals surface area (Å²) in [7, 11) is 1.58. The number of carboxylic acid groups (broad SMARTS) is 1. The molecule has 1 aromatic heterocycles. The molecule has 2 aromatic carbocycles. The summed E-state index contributed by atoms with van der Waals surface area (Å²) in [5, 5.41) is 10.4. The van der Waals surface area contributed by atoms with E-state index in [4.69, 9.17) is 10.5 Å². The van der Waals surface area contributed by atoms with Gasteiger partial charge in [0.15, 0.2) is 0 Å². The molecule has 4 rings (SSSR count). The third-order valence-electron chi connectivity index (χ3n) is 7.89. The number of aliphatic carboxylic acids is 1. The minimum atomic E-state index is -1.26. The largest absolute Gasteiger partial charge is 0.497 e. The average Bonchev–Trinajstić information content (AvgIpc) is 2.92. The Hall–Kier alpha value is -3.03. The Labute approximate surface area is 218 Å². The zero-order valence-corrected chi connectivity index (χ0v) is 21.7. The normalized spacial score (nSPS) is 16.5. The maximum atomic E-state index is 15.9. The number of carbonyl (C=O) groups is 1. The Bertz CT molecular complexity index is 1170. The highest BCUT2D eigenvalue weighted by atomic mass is 19.1. The summed E-state index contributed by atoms with van der Waals surface area (Å²) in [5.74, 6) is -0.173. The van der Waals surface area contributed by atoms with Gasteiger partial charge in [-0.25, -0.2) is 4.39 Å². The number of pyridine rings is 1. The lowest BCUT2D eigenvalue weighted by atomic mass is 9.71. The number of carboxylic acids is 1. The molecule has 6 nitrogen and oxygen atoms in total. The second-order valence-electron chi connectivity index (χ2n) is 10.3. The SMILES string of the molecule is COc1ccc2ncc(CN)c(C(F)CCC3(CC(=O)O)CCN(CCCc4ccccc4)CC3)c2c1. The number of hydrogen-bond acceptors (Lipinski definition) is 5. The van der Waals surface area contributed by atoms with Gasteiger partial charge in [-0.15, -0.1) is 0 Å². The Morgan fingerprint density at radius 1 is 1.22 bits per heavy atom. The van der Waals surface area contributed by atoms with Crippen molar-refractivity contribution in [2.45, 2.75) is 57.7 Å². The first-order valence-corrected chi connectivity index (χ1v) is 13.2. The van der Waals surface area contributed by atoms with E-state index < -0.39 is 17.6 Å². The number of nitrogens with two attached hydrogens (primary N) is 1. The summed E-state index contributed by atoms with van der Waals surface area (Å²) >= 11 is 0. The van der Waals surface area contributed by atoms with Crippen molar-refractivity contribution in [2.75, 3.05) is 26.7 Å². The molecule has 7 heteroatoms. The van der Waals surface area contributed by atoms with Gasteiger partial charge in [-0.3, -0.25) is 9.78 Å². The Kier molecular flexibility index (Phi) is 9.11. The van der Waals surface area contributed by atoms with Crippen LogP contribution in [0.25, 0.3) is 10.9 Å². The molecule has 1 aliphatic heterocycles. The van der Waals surface area contributed by atoms with Crippen LogP contribution in [0.2, 0.25) is 0 Å². The van der Waals surface area contributed by atoms with Crippen LogP contribution >= 0.6 is 0 Å². The standard InChI is InChI=1S/C30H38FN3O3/c1-37-24-9-10-27-25(18-24)29(23(20-32)21-33-27)26(31)11-12-30(19-28(35)36)13-16-34(17-14-30)15-5-8-22-6-3-2-4-7-22/h2-4,6-7,9-10,18,21,26H,5,8,11-17,19-20,32H2,1H3,(H,35,36). The summed E-state index contributed by atoms with van der Waals surface area (Å²) < 4.78 is 21.3. The number of benzene rings is 2. The van der Waals surface area contributed by atoms with Gasteiger partial charge in [0, 0.05) is 23.7 Å². The number of aromatic nitrogens is 1. The van der Waals surface area contributed by atoms with Crippen molar-refractivity contribution in [3.8, 4) is 5.75 Å². The molecule has 0 bridgehead atoms. The minimum Gasteiger partial charge on any atom is -0.497 e. The highest BCUT2D eigenvalue weighted by molar-refractivity contribution is 5.85. The lowest BCUT2D eigenvalue weighted by Gasteiger charge is -2.41. The van der Waals surface area contributed by atoms with Crippen molar-refractivity contribution in [1.29, 1.82) is 0 Å². The van der Waals surface area contributed by atoms with E-state index in [1.807, 2.05) is 24.3 Å². The third-order valence-corrected chi connectivity index (χ3v) is 7.89. The van der Waals surface area contributed by atoms with Crippen LogP contribution in [0.5, 0.6) is 5.75 Å². The van der Waals surface area contributed by atoms with Crippen LogP contribution in [0.4, 0.5) is 4.39 Å². The van der Waals surface area contributed by atoms with E-state index in [0.717, 1.165) is 45.3 Å². The zero-order valence-electron chi connectivity index (χ0n) is 21.7. The average molecular weight is 508 g/mol. The molecule has 3 aromatic rings. The summed E-state index contributed by atoms with van der Waals surface area (Å²) in [4.78, 5) is 18.7. The third kappa shape index (κ3) is 6.84. The predicted octanol–water partition coefficient (Wildman–Crippen LogP) is 5.68. The van der Waals surface area contributed by atoms with Crippen LogP contribution < -0.4 is 10.5 Å².